The first-order chi connectivity index (χ1) is 4.88. The van der Waals surface area contributed by atoms with Crippen molar-refractivity contribution in [3.8, 4) is 0 Å². The Morgan fingerprint density at radius 2 is 2.40 bits per heavy atom. The Kier molecular flexibility index (Phi) is 0.974. The second-order valence-electron chi connectivity index (χ2n) is 2.24. The third-order valence-electron chi connectivity index (χ3n) is 1.60. The predicted octanol–water partition coefficient (Wildman–Crippen LogP) is -0.350. The van der Waals surface area contributed by atoms with Crippen LogP contribution in [0.1, 0.15) is 5.69 Å². The van der Waals surface area contributed by atoms with E-state index in [0.717, 1.165) is 5.69 Å². The standard InChI is InChI=1S/C7H8N3/c8-7-6-3-1-2-4-10(6)5-9-7/h1-4H,5H2,(H2,8,9)/q+1. The molecule has 50 valence electrons. The lowest BCUT2D eigenvalue weighted by Gasteiger charge is -1.88. The lowest BCUT2D eigenvalue weighted by Crippen LogP contribution is -2.35. The van der Waals surface area contributed by atoms with Crippen LogP contribution in [0.4, 0.5) is 0 Å². The lowest BCUT2D eigenvalue weighted by atomic mass is 10.3. The molecule has 0 aliphatic carbocycles. The highest BCUT2D eigenvalue weighted by Crippen LogP contribution is 1.96. The summed E-state index contributed by atoms with van der Waals surface area (Å²) in [5, 5.41) is 0. The molecule has 0 aromatic carbocycles. The van der Waals surface area contributed by atoms with Crippen molar-refractivity contribution in [2.24, 2.45) is 10.7 Å². The van der Waals surface area contributed by atoms with Gasteiger partial charge < -0.3 is 5.73 Å². The van der Waals surface area contributed by atoms with E-state index in [2.05, 4.69) is 4.99 Å². The van der Waals surface area contributed by atoms with E-state index in [1.807, 2.05) is 29.0 Å². The highest BCUT2D eigenvalue weighted by molar-refractivity contribution is 5.94. The first kappa shape index (κ1) is 5.41. The van der Waals surface area contributed by atoms with Crippen LogP contribution in [-0.2, 0) is 6.67 Å². The van der Waals surface area contributed by atoms with Crippen molar-refractivity contribution in [3.63, 3.8) is 0 Å². The zero-order chi connectivity index (χ0) is 6.97. The van der Waals surface area contributed by atoms with Gasteiger partial charge in [0.25, 0.3) is 0 Å². The minimum Gasteiger partial charge on any atom is -0.378 e. The molecule has 3 nitrogen and oxygen atoms in total. The van der Waals surface area contributed by atoms with E-state index in [-0.39, 0.29) is 0 Å². The van der Waals surface area contributed by atoms with E-state index in [1.165, 1.54) is 0 Å². The van der Waals surface area contributed by atoms with Crippen molar-refractivity contribution in [2.45, 2.75) is 6.67 Å². The van der Waals surface area contributed by atoms with Gasteiger partial charge in [0.15, 0.2) is 12.0 Å². The van der Waals surface area contributed by atoms with Crippen LogP contribution in [0.5, 0.6) is 0 Å². The first-order valence-electron chi connectivity index (χ1n) is 3.17. The number of hydrogen-bond donors (Lipinski definition) is 1. The van der Waals surface area contributed by atoms with Crippen LogP contribution in [0.2, 0.25) is 0 Å². The molecule has 10 heavy (non-hydrogen) atoms. The molecule has 0 radical (unpaired) electrons. The maximum absolute atomic E-state index is 5.58. The van der Waals surface area contributed by atoms with Crippen molar-refractivity contribution in [2.75, 3.05) is 0 Å². The average molecular weight is 134 g/mol. The van der Waals surface area contributed by atoms with E-state index in [4.69, 9.17) is 5.73 Å². The van der Waals surface area contributed by atoms with Crippen molar-refractivity contribution >= 4 is 5.84 Å². The second-order valence-corrected chi connectivity index (χ2v) is 2.24. The van der Waals surface area contributed by atoms with E-state index < -0.39 is 0 Å². The lowest BCUT2D eigenvalue weighted by molar-refractivity contribution is -0.691. The molecule has 0 fully saturated rings. The zero-order valence-corrected chi connectivity index (χ0v) is 5.49. The Balaban J connectivity index is 2.61. The van der Waals surface area contributed by atoms with E-state index >= 15 is 0 Å². The van der Waals surface area contributed by atoms with Gasteiger partial charge in [0, 0.05) is 12.1 Å². The van der Waals surface area contributed by atoms with Crippen LogP contribution >= 0.6 is 0 Å². The number of pyridine rings is 1. The molecule has 2 N–H and O–H groups in total. The van der Waals surface area contributed by atoms with E-state index in [0.29, 0.717) is 12.5 Å². The van der Waals surface area contributed by atoms with Gasteiger partial charge in [-0.2, -0.15) is 9.56 Å². The number of amidine groups is 1. The normalized spacial score (nSPS) is 14.6. The molecule has 1 aromatic rings. The zero-order valence-electron chi connectivity index (χ0n) is 5.49. The molecule has 0 bridgehead atoms. The van der Waals surface area contributed by atoms with Gasteiger partial charge in [0.1, 0.15) is 0 Å². The SMILES string of the molecule is NC1=NC[n+]2ccccc21. The van der Waals surface area contributed by atoms with Crippen LogP contribution in [0.25, 0.3) is 0 Å². The van der Waals surface area contributed by atoms with Gasteiger partial charge in [-0.25, -0.2) is 0 Å². The fourth-order valence-electron chi connectivity index (χ4n) is 1.07. The molecular formula is C7H8N3+. The Labute approximate surface area is 58.8 Å². The molecule has 1 aromatic heterocycles. The smallest absolute Gasteiger partial charge is 0.249 e. The maximum atomic E-state index is 5.58. The molecule has 1 aliphatic heterocycles. The van der Waals surface area contributed by atoms with Gasteiger partial charge in [-0.15, -0.1) is 0 Å². The van der Waals surface area contributed by atoms with E-state index in [1.54, 1.807) is 0 Å². The molecule has 0 saturated carbocycles. The Morgan fingerprint density at radius 1 is 1.50 bits per heavy atom. The van der Waals surface area contributed by atoms with Gasteiger partial charge >= 0.3 is 0 Å². The van der Waals surface area contributed by atoms with Crippen LogP contribution < -0.4 is 10.3 Å². The first-order valence-corrected chi connectivity index (χ1v) is 3.17. The van der Waals surface area contributed by atoms with Crippen LogP contribution in [-0.4, -0.2) is 5.84 Å². The molecule has 0 unspecified atom stereocenters. The fourth-order valence-corrected chi connectivity index (χ4v) is 1.07. The quantitative estimate of drug-likeness (QED) is 0.484. The molecule has 1 aliphatic rings. The third-order valence-corrected chi connectivity index (χ3v) is 1.60. The van der Waals surface area contributed by atoms with E-state index in [9.17, 15) is 0 Å². The Hall–Kier alpha value is -1.38. The monoisotopic (exact) mass is 134 g/mol. The van der Waals surface area contributed by atoms with Gasteiger partial charge in [-0.1, -0.05) is 0 Å². The highest BCUT2D eigenvalue weighted by Gasteiger charge is 2.18. The molecule has 0 saturated heterocycles. The summed E-state index contributed by atoms with van der Waals surface area (Å²) < 4.78 is 2.01. The molecule has 3 heteroatoms. The largest absolute Gasteiger partial charge is 0.378 e. The molecule has 0 atom stereocenters. The summed E-state index contributed by atoms with van der Waals surface area (Å²) >= 11 is 0. The summed E-state index contributed by atoms with van der Waals surface area (Å²) in [6.45, 7) is 0.669. The topological polar surface area (TPSA) is 42.3 Å². The minimum atomic E-state index is 0.639. The number of rotatable bonds is 0. The number of aromatic nitrogens is 1. The van der Waals surface area contributed by atoms with Gasteiger partial charge in [-0.3, -0.25) is 0 Å². The summed E-state index contributed by atoms with van der Waals surface area (Å²) in [6, 6.07) is 5.89. The van der Waals surface area contributed by atoms with Gasteiger partial charge in [-0.05, 0) is 6.07 Å². The number of nitrogens with two attached hydrogens (primary N) is 1. The van der Waals surface area contributed by atoms with Crippen molar-refractivity contribution in [1.29, 1.82) is 0 Å². The fraction of sp³-hybridized carbons (Fsp3) is 0.143. The maximum Gasteiger partial charge on any atom is 0.249 e. The molecule has 0 amide bonds. The summed E-state index contributed by atoms with van der Waals surface area (Å²) in [5.74, 6) is 0.639. The second kappa shape index (κ2) is 1.80. The number of nitrogens with zero attached hydrogens (tertiary/aromatic N) is 2. The van der Waals surface area contributed by atoms with Crippen LogP contribution in [0.15, 0.2) is 29.4 Å². The van der Waals surface area contributed by atoms with Crippen LogP contribution in [0.3, 0.4) is 0 Å². The highest BCUT2D eigenvalue weighted by atomic mass is 15.2. The molecule has 2 rings (SSSR count). The summed E-state index contributed by atoms with van der Waals surface area (Å²) in [6.07, 6.45) is 1.97. The predicted molar refractivity (Wildman–Crippen MR) is 37.4 cm³/mol. The summed E-state index contributed by atoms with van der Waals surface area (Å²) in [7, 11) is 0. The third kappa shape index (κ3) is 0.603. The molecular weight excluding hydrogens is 126 g/mol. The van der Waals surface area contributed by atoms with Crippen molar-refractivity contribution < 1.29 is 4.57 Å². The Morgan fingerprint density at radius 3 is 3.20 bits per heavy atom. The summed E-state index contributed by atoms with van der Waals surface area (Å²) in [4.78, 5) is 4.06. The van der Waals surface area contributed by atoms with Crippen LogP contribution in [0, 0.1) is 0 Å². The van der Waals surface area contributed by atoms with Gasteiger partial charge in [0.05, 0.1) is 0 Å². The number of fused-ring (bicyclic) bond motifs is 1. The Bertz CT molecular complexity index is 291. The van der Waals surface area contributed by atoms with Gasteiger partial charge in [0.2, 0.25) is 12.4 Å². The van der Waals surface area contributed by atoms with Crippen molar-refractivity contribution in [3.05, 3.63) is 30.1 Å². The van der Waals surface area contributed by atoms with Crippen molar-refractivity contribution in [1.82, 2.24) is 0 Å². The average Bonchev–Trinajstić information content (AvgIpc) is 2.34. The number of hydrogen-bond acceptors (Lipinski definition) is 2. The number of aliphatic imine (C=N–C) groups is 1. The molecule has 2 heterocycles. The minimum absolute atomic E-state index is 0.639. The summed E-state index contributed by atoms with van der Waals surface area (Å²) in [5.41, 5.74) is 6.59. The molecule has 0 spiro atoms.